The van der Waals surface area contributed by atoms with Crippen LogP contribution in [-0.2, 0) is 6.18 Å². The number of ether oxygens (including phenoxy) is 1. The molecule has 0 fully saturated rings. The molecule has 86 valence electrons. The highest BCUT2D eigenvalue weighted by atomic mass is 19.4. The van der Waals surface area contributed by atoms with Crippen molar-refractivity contribution < 1.29 is 26.7 Å². The van der Waals surface area contributed by atoms with Crippen molar-refractivity contribution >= 4 is 0 Å². The molecule has 1 heterocycles. The fraction of sp³-hybridized carbons (Fsp3) is 0.250. The van der Waals surface area contributed by atoms with Gasteiger partial charge in [-0.15, -0.1) is 0 Å². The highest BCUT2D eigenvalue weighted by Gasteiger charge is 2.33. The van der Waals surface area contributed by atoms with E-state index in [2.05, 4.69) is 9.72 Å². The number of nitriles is 1. The highest BCUT2D eigenvalue weighted by Crippen LogP contribution is 2.31. The molecule has 1 aromatic heterocycles. The summed E-state index contributed by atoms with van der Waals surface area (Å²) < 4.78 is 63.9. The van der Waals surface area contributed by atoms with Gasteiger partial charge in [0, 0.05) is 12.3 Å². The zero-order chi connectivity index (χ0) is 12.3. The SMILES string of the molecule is N#Cc1cnc(C(F)(F)F)cc1OC(F)F. The Morgan fingerprint density at radius 3 is 2.44 bits per heavy atom. The Morgan fingerprint density at radius 1 is 1.38 bits per heavy atom. The molecule has 0 N–H and O–H groups in total. The van der Waals surface area contributed by atoms with E-state index < -0.39 is 29.8 Å². The van der Waals surface area contributed by atoms with E-state index in [1.807, 2.05) is 0 Å². The number of aromatic nitrogens is 1. The number of pyridine rings is 1. The van der Waals surface area contributed by atoms with E-state index in [1.165, 1.54) is 6.07 Å². The van der Waals surface area contributed by atoms with E-state index in [4.69, 9.17) is 5.26 Å². The first-order chi connectivity index (χ1) is 7.34. The van der Waals surface area contributed by atoms with Crippen LogP contribution in [0.15, 0.2) is 12.3 Å². The summed E-state index contributed by atoms with van der Waals surface area (Å²) >= 11 is 0. The van der Waals surface area contributed by atoms with Gasteiger partial charge in [0.2, 0.25) is 0 Å². The summed E-state index contributed by atoms with van der Waals surface area (Å²) in [5.74, 6) is -0.847. The Bertz CT molecular complexity index is 423. The maximum atomic E-state index is 12.2. The summed E-state index contributed by atoms with van der Waals surface area (Å²) in [6.45, 7) is -3.31. The Hall–Kier alpha value is -1.91. The molecule has 0 amide bonds. The molecule has 0 radical (unpaired) electrons. The van der Waals surface area contributed by atoms with E-state index in [1.54, 1.807) is 0 Å². The van der Waals surface area contributed by atoms with Gasteiger partial charge in [-0.25, -0.2) is 0 Å². The molecule has 3 nitrogen and oxygen atoms in total. The smallest absolute Gasteiger partial charge is 0.433 e. The molecule has 16 heavy (non-hydrogen) atoms. The third-order valence-electron chi connectivity index (χ3n) is 1.49. The highest BCUT2D eigenvalue weighted by molar-refractivity contribution is 5.42. The van der Waals surface area contributed by atoms with Crippen LogP contribution in [0.1, 0.15) is 11.3 Å². The number of rotatable bonds is 2. The molecule has 0 aliphatic rings. The number of halogens is 5. The number of hydrogen-bond acceptors (Lipinski definition) is 3. The average Bonchev–Trinajstić information content (AvgIpc) is 2.15. The molecule has 8 heteroatoms. The molecule has 0 unspecified atom stereocenters. The van der Waals surface area contributed by atoms with Crippen molar-refractivity contribution in [3.8, 4) is 11.8 Å². The van der Waals surface area contributed by atoms with Gasteiger partial charge in [0.05, 0.1) is 0 Å². The van der Waals surface area contributed by atoms with Crippen LogP contribution in [-0.4, -0.2) is 11.6 Å². The van der Waals surface area contributed by atoms with Gasteiger partial charge in [0.1, 0.15) is 23.1 Å². The second-order valence-corrected chi connectivity index (χ2v) is 2.55. The second kappa shape index (κ2) is 4.30. The van der Waals surface area contributed by atoms with Gasteiger partial charge in [0.25, 0.3) is 0 Å². The molecule has 0 aliphatic heterocycles. The predicted octanol–water partition coefficient (Wildman–Crippen LogP) is 2.57. The van der Waals surface area contributed by atoms with Gasteiger partial charge in [-0.05, 0) is 0 Å². The van der Waals surface area contributed by atoms with Crippen LogP contribution >= 0.6 is 0 Å². The van der Waals surface area contributed by atoms with Gasteiger partial charge < -0.3 is 4.74 Å². The van der Waals surface area contributed by atoms with E-state index in [-0.39, 0.29) is 6.07 Å². The van der Waals surface area contributed by atoms with Crippen molar-refractivity contribution in [1.29, 1.82) is 5.26 Å². The van der Waals surface area contributed by atoms with E-state index in [9.17, 15) is 22.0 Å². The molecular formula is C8H3F5N2O. The summed E-state index contributed by atoms with van der Waals surface area (Å²) in [6.07, 6.45) is -4.26. The van der Waals surface area contributed by atoms with Crippen LogP contribution in [0.25, 0.3) is 0 Å². The quantitative estimate of drug-likeness (QED) is 0.744. The normalized spacial score (nSPS) is 11.3. The van der Waals surface area contributed by atoms with Gasteiger partial charge >= 0.3 is 12.8 Å². The lowest BCUT2D eigenvalue weighted by Gasteiger charge is -2.09. The van der Waals surface area contributed by atoms with Crippen LogP contribution in [0, 0.1) is 11.3 Å². The summed E-state index contributed by atoms with van der Waals surface area (Å²) in [5, 5.41) is 8.43. The van der Waals surface area contributed by atoms with Crippen molar-refractivity contribution in [1.82, 2.24) is 4.98 Å². The molecule has 1 rings (SSSR count). The van der Waals surface area contributed by atoms with Crippen molar-refractivity contribution in [3.05, 3.63) is 23.5 Å². The van der Waals surface area contributed by atoms with E-state index in [0.717, 1.165) is 0 Å². The van der Waals surface area contributed by atoms with E-state index >= 15 is 0 Å². The van der Waals surface area contributed by atoms with Gasteiger partial charge in [-0.1, -0.05) is 0 Å². The minimum absolute atomic E-state index is 0.255. The van der Waals surface area contributed by atoms with Crippen molar-refractivity contribution in [2.45, 2.75) is 12.8 Å². The lowest BCUT2D eigenvalue weighted by Crippen LogP contribution is -2.10. The lowest BCUT2D eigenvalue weighted by molar-refractivity contribution is -0.141. The maximum absolute atomic E-state index is 12.2. The second-order valence-electron chi connectivity index (χ2n) is 2.55. The number of nitrogens with zero attached hydrogens (tertiary/aromatic N) is 2. The van der Waals surface area contributed by atoms with Gasteiger partial charge in [-0.2, -0.15) is 27.2 Å². The van der Waals surface area contributed by atoms with Crippen LogP contribution in [0.4, 0.5) is 22.0 Å². The third kappa shape index (κ3) is 2.79. The van der Waals surface area contributed by atoms with Crippen LogP contribution in [0.2, 0.25) is 0 Å². The zero-order valence-electron chi connectivity index (χ0n) is 7.42. The topological polar surface area (TPSA) is 45.9 Å². The first-order valence-corrected chi connectivity index (χ1v) is 3.76. The first kappa shape index (κ1) is 12.2. The third-order valence-corrected chi connectivity index (χ3v) is 1.49. The maximum Gasteiger partial charge on any atom is 0.433 e. The van der Waals surface area contributed by atoms with Crippen LogP contribution < -0.4 is 4.74 Å². The minimum atomic E-state index is -4.78. The standard InChI is InChI=1S/C8H3F5N2O/c9-7(10)16-5-1-6(8(11,12)13)15-3-4(5)2-14/h1,3,7H. The number of alkyl halides is 5. The summed E-state index contributed by atoms with van der Waals surface area (Å²) in [6, 6.07) is 1.65. The largest absolute Gasteiger partial charge is 0.433 e. The fourth-order valence-electron chi connectivity index (χ4n) is 0.869. The first-order valence-electron chi connectivity index (χ1n) is 3.76. The monoisotopic (exact) mass is 238 g/mol. The van der Waals surface area contributed by atoms with Crippen LogP contribution in [0.3, 0.4) is 0 Å². The van der Waals surface area contributed by atoms with Crippen LogP contribution in [0.5, 0.6) is 5.75 Å². The fourth-order valence-corrected chi connectivity index (χ4v) is 0.869. The molecule has 0 bridgehead atoms. The molecule has 0 aromatic carbocycles. The lowest BCUT2D eigenvalue weighted by atomic mass is 10.2. The van der Waals surface area contributed by atoms with Crippen molar-refractivity contribution in [3.63, 3.8) is 0 Å². The summed E-state index contributed by atoms with van der Waals surface area (Å²) in [7, 11) is 0. The Morgan fingerprint density at radius 2 is 2.00 bits per heavy atom. The Kier molecular flexibility index (Phi) is 3.27. The molecule has 0 aliphatic carbocycles. The molecule has 1 aromatic rings. The van der Waals surface area contributed by atoms with Crippen molar-refractivity contribution in [2.24, 2.45) is 0 Å². The summed E-state index contributed by atoms with van der Waals surface area (Å²) in [5.41, 5.74) is -1.89. The molecule has 0 saturated carbocycles. The van der Waals surface area contributed by atoms with Gasteiger partial charge in [-0.3, -0.25) is 4.98 Å². The average molecular weight is 238 g/mol. The summed E-state index contributed by atoms with van der Waals surface area (Å²) in [4.78, 5) is 2.92. The molecule has 0 atom stereocenters. The van der Waals surface area contributed by atoms with E-state index in [0.29, 0.717) is 6.20 Å². The molecule has 0 saturated heterocycles. The van der Waals surface area contributed by atoms with Gasteiger partial charge in [0.15, 0.2) is 0 Å². The molecule has 0 spiro atoms. The Labute approximate surface area is 86.1 Å². The minimum Gasteiger partial charge on any atom is -0.433 e. The molecular weight excluding hydrogens is 235 g/mol. The zero-order valence-corrected chi connectivity index (χ0v) is 7.42. The Balaban J connectivity index is 3.18. The number of hydrogen-bond donors (Lipinski definition) is 0. The van der Waals surface area contributed by atoms with Crippen molar-refractivity contribution in [2.75, 3.05) is 0 Å². The predicted molar refractivity (Wildman–Crippen MR) is 40.6 cm³/mol.